The van der Waals surface area contributed by atoms with Gasteiger partial charge in [-0.25, -0.2) is 4.98 Å². The van der Waals surface area contributed by atoms with E-state index in [0.29, 0.717) is 10.0 Å². The average Bonchev–Trinajstić information content (AvgIpc) is 2.84. The number of rotatable bonds is 3. The van der Waals surface area contributed by atoms with Crippen LogP contribution in [0.3, 0.4) is 0 Å². The van der Waals surface area contributed by atoms with Gasteiger partial charge in [0, 0.05) is 15.5 Å². The first-order valence-corrected chi connectivity index (χ1v) is 7.95. The lowest BCUT2D eigenvalue weighted by Crippen LogP contribution is -1.90. The third kappa shape index (κ3) is 3.21. The highest BCUT2D eigenvalue weighted by Gasteiger charge is 2.11. The summed E-state index contributed by atoms with van der Waals surface area (Å²) in [5, 5.41) is 5.29. The standard InChI is InChI=1S/C16H12Cl2N2S/c1-10-15(11-5-3-2-4-6-11)20-16(21-10)19-14-9-12(17)7-8-13(14)18/h2-9H,1H3,(H,19,20). The van der Waals surface area contributed by atoms with E-state index in [1.165, 1.54) is 0 Å². The van der Waals surface area contributed by atoms with Gasteiger partial charge >= 0.3 is 0 Å². The van der Waals surface area contributed by atoms with E-state index in [9.17, 15) is 0 Å². The van der Waals surface area contributed by atoms with Crippen LogP contribution in [0.4, 0.5) is 10.8 Å². The minimum absolute atomic E-state index is 0.619. The fourth-order valence-electron chi connectivity index (χ4n) is 2.02. The molecule has 0 saturated heterocycles. The van der Waals surface area contributed by atoms with E-state index in [4.69, 9.17) is 23.2 Å². The summed E-state index contributed by atoms with van der Waals surface area (Å²) in [4.78, 5) is 5.81. The summed E-state index contributed by atoms with van der Waals surface area (Å²) < 4.78 is 0. The molecule has 3 rings (SSSR count). The Morgan fingerprint density at radius 2 is 1.81 bits per heavy atom. The van der Waals surface area contributed by atoms with Gasteiger partial charge < -0.3 is 5.32 Å². The molecule has 21 heavy (non-hydrogen) atoms. The molecule has 1 heterocycles. The van der Waals surface area contributed by atoms with Crippen molar-refractivity contribution in [3.63, 3.8) is 0 Å². The number of anilines is 2. The first-order chi connectivity index (χ1) is 10.1. The van der Waals surface area contributed by atoms with Gasteiger partial charge in [-0.15, -0.1) is 11.3 Å². The summed E-state index contributed by atoms with van der Waals surface area (Å²) >= 11 is 13.8. The number of aryl methyl sites for hydroxylation is 1. The molecule has 0 aliphatic carbocycles. The predicted molar refractivity (Wildman–Crippen MR) is 92.0 cm³/mol. The van der Waals surface area contributed by atoms with Gasteiger partial charge in [-0.2, -0.15) is 0 Å². The fraction of sp³-hybridized carbons (Fsp3) is 0.0625. The third-order valence-corrected chi connectivity index (χ3v) is 4.46. The number of aromatic nitrogens is 1. The summed E-state index contributed by atoms with van der Waals surface area (Å²) in [6.45, 7) is 2.06. The van der Waals surface area contributed by atoms with Crippen molar-refractivity contribution < 1.29 is 0 Å². The number of nitrogens with one attached hydrogen (secondary N) is 1. The molecule has 3 aromatic rings. The average molecular weight is 335 g/mol. The molecular formula is C16H12Cl2N2S. The summed E-state index contributed by atoms with van der Waals surface area (Å²) in [7, 11) is 0. The summed E-state index contributed by atoms with van der Waals surface area (Å²) in [5.74, 6) is 0. The molecule has 2 aromatic carbocycles. The van der Waals surface area contributed by atoms with Gasteiger partial charge in [0.05, 0.1) is 16.4 Å². The second-order valence-electron chi connectivity index (χ2n) is 4.54. The number of halogens is 2. The van der Waals surface area contributed by atoms with E-state index < -0.39 is 0 Å². The first-order valence-electron chi connectivity index (χ1n) is 6.38. The molecule has 0 atom stereocenters. The summed E-state index contributed by atoms with van der Waals surface area (Å²) in [6, 6.07) is 15.4. The van der Waals surface area contributed by atoms with Crippen LogP contribution in [0.5, 0.6) is 0 Å². The summed E-state index contributed by atoms with van der Waals surface area (Å²) in [5.41, 5.74) is 2.86. The van der Waals surface area contributed by atoms with Crippen molar-refractivity contribution in [2.45, 2.75) is 6.92 Å². The van der Waals surface area contributed by atoms with Crippen LogP contribution in [0.1, 0.15) is 4.88 Å². The molecule has 0 amide bonds. The van der Waals surface area contributed by atoms with Gasteiger partial charge in [0.1, 0.15) is 0 Å². The summed E-state index contributed by atoms with van der Waals surface area (Å²) in [6.07, 6.45) is 0. The molecule has 1 aromatic heterocycles. The van der Waals surface area contributed by atoms with Gasteiger partial charge in [0.25, 0.3) is 0 Å². The Kier molecular flexibility index (Phi) is 4.15. The molecule has 0 spiro atoms. The lowest BCUT2D eigenvalue weighted by atomic mass is 10.1. The highest BCUT2D eigenvalue weighted by molar-refractivity contribution is 7.16. The highest BCUT2D eigenvalue weighted by atomic mass is 35.5. The molecule has 5 heteroatoms. The van der Waals surface area contributed by atoms with Crippen LogP contribution in [0.15, 0.2) is 48.5 Å². The SMILES string of the molecule is Cc1sc(Nc2cc(Cl)ccc2Cl)nc1-c1ccccc1. The van der Waals surface area contributed by atoms with Crippen molar-refractivity contribution >= 4 is 45.4 Å². The Hall–Kier alpha value is -1.55. The minimum atomic E-state index is 0.619. The molecule has 106 valence electrons. The van der Waals surface area contributed by atoms with E-state index in [1.54, 1.807) is 29.5 Å². The Bertz CT molecular complexity index is 769. The number of thiazole rings is 1. The van der Waals surface area contributed by atoms with Crippen molar-refractivity contribution in [2.24, 2.45) is 0 Å². The van der Waals surface area contributed by atoms with Gasteiger partial charge in [-0.05, 0) is 25.1 Å². The molecule has 2 nitrogen and oxygen atoms in total. The van der Waals surface area contributed by atoms with Crippen LogP contribution in [-0.2, 0) is 0 Å². The number of benzene rings is 2. The molecule has 1 N–H and O–H groups in total. The van der Waals surface area contributed by atoms with Crippen LogP contribution in [0.25, 0.3) is 11.3 Å². The van der Waals surface area contributed by atoms with Crippen LogP contribution < -0.4 is 5.32 Å². The smallest absolute Gasteiger partial charge is 0.188 e. The van der Waals surface area contributed by atoms with E-state index in [0.717, 1.165) is 27.0 Å². The molecule has 0 unspecified atom stereocenters. The zero-order valence-electron chi connectivity index (χ0n) is 11.2. The van der Waals surface area contributed by atoms with E-state index in [2.05, 4.69) is 29.4 Å². The van der Waals surface area contributed by atoms with Gasteiger partial charge in [-0.1, -0.05) is 53.5 Å². The maximum absolute atomic E-state index is 6.17. The van der Waals surface area contributed by atoms with Crippen molar-refractivity contribution in [1.82, 2.24) is 4.98 Å². The Morgan fingerprint density at radius 3 is 2.57 bits per heavy atom. The predicted octanol–water partition coefficient (Wildman–Crippen LogP) is 6.17. The van der Waals surface area contributed by atoms with E-state index >= 15 is 0 Å². The topological polar surface area (TPSA) is 24.9 Å². The Labute approximate surface area is 137 Å². The largest absolute Gasteiger partial charge is 0.330 e. The maximum atomic E-state index is 6.17. The van der Waals surface area contributed by atoms with Crippen molar-refractivity contribution in [2.75, 3.05) is 5.32 Å². The van der Waals surface area contributed by atoms with Crippen LogP contribution in [0, 0.1) is 6.92 Å². The second-order valence-corrected chi connectivity index (χ2v) is 6.59. The minimum Gasteiger partial charge on any atom is -0.330 e. The number of hydrogen-bond acceptors (Lipinski definition) is 3. The van der Waals surface area contributed by atoms with Gasteiger partial charge in [0.15, 0.2) is 5.13 Å². The second kappa shape index (κ2) is 6.06. The third-order valence-electron chi connectivity index (χ3n) is 3.01. The molecule has 0 saturated carbocycles. The van der Waals surface area contributed by atoms with Gasteiger partial charge in [0.2, 0.25) is 0 Å². The van der Waals surface area contributed by atoms with Crippen molar-refractivity contribution in [3.8, 4) is 11.3 Å². The molecule has 0 fully saturated rings. The molecule has 0 aliphatic heterocycles. The lowest BCUT2D eigenvalue weighted by Gasteiger charge is -2.05. The molecule has 0 radical (unpaired) electrons. The monoisotopic (exact) mass is 334 g/mol. The highest BCUT2D eigenvalue weighted by Crippen LogP contribution is 2.34. The normalized spacial score (nSPS) is 10.6. The fourth-order valence-corrected chi connectivity index (χ4v) is 3.21. The molecule has 0 aliphatic rings. The molecular weight excluding hydrogens is 323 g/mol. The quantitative estimate of drug-likeness (QED) is 0.619. The lowest BCUT2D eigenvalue weighted by molar-refractivity contribution is 1.36. The van der Waals surface area contributed by atoms with Crippen LogP contribution >= 0.6 is 34.5 Å². The van der Waals surface area contributed by atoms with Crippen molar-refractivity contribution in [1.29, 1.82) is 0 Å². The van der Waals surface area contributed by atoms with Gasteiger partial charge in [-0.3, -0.25) is 0 Å². The Balaban J connectivity index is 1.93. The van der Waals surface area contributed by atoms with E-state index in [-0.39, 0.29) is 0 Å². The Morgan fingerprint density at radius 1 is 1.05 bits per heavy atom. The van der Waals surface area contributed by atoms with Crippen LogP contribution in [0.2, 0.25) is 10.0 Å². The molecule has 0 bridgehead atoms. The number of hydrogen-bond donors (Lipinski definition) is 1. The zero-order chi connectivity index (χ0) is 14.8. The van der Waals surface area contributed by atoms with Crippen molar-refractivity contribution in [3.05, 3.63) is 63.5 Å². The zero-order valence-corrected chi connectivity index (χ0v) is 13.6. The number of nitrogens with zero attached hydrogens (tertiary/aromatic N) is 1. The van der Waals surface area contributed by atoms with E-state index in [1.807, 2.05) is 18.2 Å². The first kappa shape index (κ1) is 14.4. The van der Waals surface area contributed by atoms with Crippen LogP contribution in [-0.4, -0.2) is 4.98 Å². The maximum Gasteiger partial charge on any atom is 0.188 e.